The maximum Gasteiger partial charge on any atom is 0.335 e. The van der Waals surface area contributed by atoms with E-state index in [1.165, 1.54) is 51.4 Å². The summed E-state index contributed by atoms with van der Waals surface area (Å²) in [5, 5.41) is 31.5. The standard InChI is InChI=1S/C65H106O12/c1-4-7-10-13-16-19-22-25-27-28-29-30-32-34-36-39-42-45-48-51-57(66)73-54-56(75-58(67)52-49-46-43-40-37-33-24-21-18-15-12-9-6-3)55-74-65-63(61(70)60(69)62(77-65)64(71)72)76-59(68)53-50-47-44-41-38-35-31-26-23-20-17-14-11-8-5-2/h8,11,16-17,19-21,24-27,29-31,38,41,56,60-63,65,69-70H,4-7,9-10,12-15,18,22-23,28,32-37,39-40,42-55H2,1-3H3,(H,71,72)/b11-8-,19-16-,20-17-,24-21-,27-25-,30-29-,31-26-,41-38-. The van der Waals surface area contributed by atoms with Gasteiger partial charge in [0.05, 0.1) is 6.61 Å². The van der Waals surface area contributed by atoms with Crippen molar-refractivity contribution in [3.8, 4) is 0 Å². The fourth-order valence-corrected chi connectivity index (χ4v) is 8.48. The zero-order valence-corrected chi connectivity index (χ0v) is 48.2. The van der Waals surface area contributed by atoms with Crippen molar-refractivity contribution in [3.63, 3.8) is 0 Å². The van der Waals surface area contributed by atoms with Crippen LogP contribution in [0, 0.1) is 0 Å². The Labute approximate surface area is 466 Å². The number of esters is 3. The van der Waals surface area contributed by atoms with Crippen LogP contribution in [0.4, 0.5) is 0 Å². The third-order valence-electron chi connectivity index (χ3n) is 13.1. The molecule has 0 spiro atoms. The molecule has 1 heterocycles. The van der Waals surface area contributed by atoms with Crippen molar-refractivity contribution < 1.29 is 58.2 Å². The van der Waals surface area contributed by atoms with E-state index in [-0.39, 0.29) is 25.9 Å². The first-order chi connectivity index (χ1) is 37.6. The quantitative estimate of drug-likeness (QED) is 0.0228. The van der Waals surface area contributed by atoms with E-state index in [1.807, 2.05) is 0 Å². The number of carboxylic acid groups (broad SMARTS) is 1. The second-order valence-electron chi connectivity index (χ2n) is 20.2. The first-order valence-corrected chi connectivity index (χ1v) is 30.2. The van der Waals surface area contributed by atoms with Crippen LogP contribution in [0.15, 0.2) is 97.2 Å². The maximum absolute atomic E-state index is 13.1. The van der Waals surface area contributed by atoms with E-state index >= 15 is 0 Å². The van der Waals surface area contributed by atoms with E-state index in [0.29, 0.717) is 25.7 Å². The van der Waals surface area contributed by atoms with Gasteiger partial charge in [-0.3, -0.25) is 14.4 Å². The monoisotopic (exact) mass is 1080 g/mol. The summed E-state index contributed by atoms with van der Waals surface area (Å²) in [6, 6.07) is 0. The number of carboxylic acids is 1. The van der Waals surface area contributed by atoms with Crippen LogP contribution < -0.4 is 0 Å². The second kappa shape index (κ2) is 52.3. The zero-order chi connectivity index (χ0) is 56.1. The van der Waals surface area contributed by atoms with Crippen molar-refractivity contribution in [3.05, 3.63) is 97.2 Å². The fourth-order valence-electron chi connectivity index (χ4n) is 8.48. The van der Waals surface area contributed by atoms with Gasteiger partial charge in [0, 0.05) is 19.3 Å². The molecule has 0 bridgehead atoms. The molecule has 1 aliphatic heterocycles. The number of hydrogen-bond donors (Lipinski definition) is 3. The van der Waals surface area contributed by atoms with Gasteiger partial charge in [-0.1, -0.05) is 195 Å². The lowest BCUT2D eigenvalue weighted by Gasteiger charge is -2.40. The molecule has 6 atom stereocenters. The van der Waals surface area contributed by atoms with Crippen molar-refractivity contribution in [1.82, 2.24) is 0 Å². The van der Waals surface area contributed by atoms with E-state index < -0.39 is 67.3 Å². The summed E-state index contributed by atoms with van der Waals surface area (Å²) in [5.74, 6) is -3.21. The molecule has 0 amide bonds. The predicted molar refractivity (Wildman–Crippen MR) is 312 cm³/mol. The number of aliphatic hydroxyl groups excluding tert-OH is 2. The number of aliphatic hydroxyl groups is 2. The molecular formula is C65H106O12. The smallest absolute Gasteiger partial charge is 0.335 e. The highest BCUT2D eigenvalue weighted by atomic mass is 16.7. The Bertz CT molecular complexity index is 1710. The zero-order valence-electron chi connectivity index (χ0n) is 48.2. The van der Waals surface area contributed by atoms with Crippen LogP contribution in [-0.4, -0.2) is 89.2 Å². The lowest BCUT2D eigenvalue weighted by atomic mass is 9.98. The van der Waals surface area contributed by atoms with Gasteiger partial charge in [0.2, 0.25) is 0 Å². The SMILES string of the molecule is CC/C=C\C/C=C\C/C=C\C/C=C\CCCCC(=O)OC1C(OCC(COC(=O)CCCCCCCC/C=C\C/C=C\C/C=C\CCCCC)OC(=O)CCCCCCC/C=C\CCCCCC)OC(C(=O)O)C(O)C1O. The molecule has 12 heteroatoms. The lowest BCUT2D eigenvalue weighted by molar-refractivity contribution is -0.301. The van der Waals surface area contributed by atoms with Gasteiger partial charge in [0.25, 0.3) is 0 Å². The molecule has 0 aromatic rings. The number of ether oxygens (including phenoxy) is 5. The average molecular weight is 1080 g/mol. The molecule has 0 aliphatic carbocycles. The number of unbranched alkanes of at least 4 members (excludes halogenated alkanes) is 20. The third-order valence-corrected chi connectivity index (χ3v) is 13.1. The molecule has 438 valence electrons. The topological polar surface area (TPSA) is 175 Å². The van der Waals surface area contributed by atoms with Crippen molar-refractivity contribution in [2.45, 2.75) is 276 Å². The molecule has 1 aliphatic rings. The Morgan fingerprint density at radius 3 is 1.31 bits per heavy atom. The number of rotatable bonds is 50. The van der Waals surface area contributed by atoms with Crippen molar-refractivity contribution in [1.29, 1.82) is 0 Å². The molecular weight excluding hydrogens is 973 g/mol. The van der Waals surface area contributed by atoms with Gasteiger partial charge in [0.1, 0.15) is 18.8 Å². The number of aliphatic carboxylic acids is 1. The van der Waals surface area contributed by atoms with Gasteiger partial charge in [-0.25, -0.2) is 4.79 Å². The van der Waals surface area contributed by atoms with E-state index in [2.05, 4.69) is 118 Å². The van der Waals surface area contributed by atoms with Crippen LogP contribution in [0.25, 0.3) is 0 Å². The summed E-state index contributed by atoms with van der Waals surface area (Å²) < 4.78 is 28.4. The molecule has 1 rings (SSSR count). The molecule has 0 radical (unpaired) electrons. The molecule has 77 heavy (non-hydrogen) atoms. The molecule has 6 unspecified atom stereocenters. The van der Waals surface area contributed by atoms with Crippen LogP contribution in [0.1, 0.15) is 239 Å². The van der Waals surface area contributed by atoms with Gasteiger partial charge in [0.15, 0.2) is 24.6 Å². The Morgan fingerprint density at radius 1 is 0.442 bits per heavy atom. The number of carbonyl (C=O) groups is 4. The first kappa shape index (κ1) is 70.7. The van der Waals surface area contributed by atoms with Crippen LogP contribution in [0.2, 0.25) is 0 Å². The Balaban J connectivity index is 2.71. The van der Waals surface area contributed by atoms with Crippen LogP contribution >= 0.6 is 0 Å². The number of hydrogen-bond acceptors (Lipinski definition) is 11. The summed E-state index contributed by atoms with van der Waals surface area (Å²) in [6.07, 6.45) is 56.6. The fraction of sp³-hybridized carbons (Fsp3) is 0.692. The minimum absolute atomic E-state index is 0.00217. The Kier molecular flexibility index (Phi) is 48.0. The van der Waals surface area contributed by atoms with E-state index in [4.69, 9.17) is 23.7 Å². The molecule has 0 aromatic heterocycles. The van der Waals surface area contributed by atoms with Gasteiger partial charge < -0.3 is 39.0 Å². The van der Waals surface area contributed by atoms with Gasteiger partial charge in [-0.15, -0.1) is 0 Å². The van der Waals surface area contributed by atoms with E-state index in [1.54, 1.807) is 0 Å². The van der Waals surface area contributed by atoms with Crippen molar-refractivity contribution >= 4 is 23.9 Å². The highest BCUT2D eigenvalue weighted by Crippen LogP contribution is 2.26. The predicted octanol–water partition coefficient (Wildman–Crippen LogP) is 15.7. The largest absolute Gasteiger partial charge is 0.479 e. The van der Waals surface area contributed by atoms with Crippen molar-refractivity contribution in [2.75, 3.05) is 13.2 Å². The highest BCUT2D eigenvalue weighted by Gasteiger charge is 2.50. The van der Waals surface area contributed by atoms with Crippen LogP contribution in [-0.2, 0) is 42.9 Å². The summed E-state index contributed by atoms with van der Waals surface area (Å²) in [6.45, 7) is 5.79. The lowest BCUT2D eigenvalue weighted by Crippen LogP contribution is -2.61. The molecule has 0 aromatic carbocycles. The number of allylic oxidation sites excluding steroid dienone is 16. The molecule has 1 fully saturated rings. The van der Waals surface area contributed by atoms with Crippen LogP contribution in [0.5, 0.6) is 0 Å². The van der Waals surface area contributed by atoms with E-state index in [0.717, 1.165) is 122 Å². The minimum atomic E-state index is -1.92. The molecule has 3 N–H and O–H groups in total. The summed E-state index contributed by atoms with van der Waals surface area (Å²) >= 11 is 0. The average Bonchev–Trinajstić information content (AvgIpc) is 3.42. The van der Waals surface area contributed by atoms with E-state index in [9.17, 15) is 34.5 Å². The molecule has 0 saturated carbocycles. The van der Waals surface area contributed by atoms with Crippen molar-refractivity contribution in [2.24, 2.45) is 0 Å². The van der Waals surface area contributed by atoms with Gasteiger partial charge in [-0.2, -0.15) is 0 Å². The highest BCUT2D eigenvalue weighted by molar-refractivity contribution is 5.74. The second-order valence-corrected chi connectivity index (χ2v) is 20.2. The normalized spacial score (nSPS) is 18.7. The molecule has 12 nitrogen and oxygen atoms in total. The Morgan fingerprint density at radius 2 is 0.818 bits per heavy atom. The summed E-state index contributed by atoms with van der Waals surface area (Å²) in [4.78, 5) is 51.1. The Hall–Kier alpha value is -4.36. The molecule has 1 saturated heterocycles. The van der Waals surface area contributed by atoms with Crippen LogP contribution in [0.3, 0.4) is 0 Å². The first-order valence-electron chi connectivity index (χ1n) is 30.2. The van der Waals surface area contributed by atoms with Gasteiger partial charge >= 0.3 is 23.9 Å². The third kappa shape index (κ3) is 42.3. The summed E-state index contributed by atoms with van der Waals surface area (Å²) in [7, 11) is 0. The minimum Gasteiger partial charge on any atom is -0.479 e. The van der Waals surface area contributed by atoms with Gasteiger partial charge in [-0.05, 0) is 122 Å². The summed E-state index contributed by atoms with van der Waals surface area (Å²) in [5.41, 5.74) is 0. The number of carbonyl (C=O) groups excluding carboxylic acids is 3. The maximum atomic E-state index is 13.1.